The SMILES string of the molecule is CC(C)CCCNC(=O)CC1(CC(=O)O)CCCCC1. The molecule has 1 aliphatic carbocycles. The molecule has 1 aliphatic rings. The van der Waals surface area contributed by atoms with Crippen LogP contribution in [0.1, 0.15) is 71.6 Å². The molecule has 4 heteroatoms. The van der Waals surface area contributed by atoms with Crippen LogP contribution in [0, 0.1) is 11.3 Å². The number of hydrogen-bond acceptors (Lipinski definition) is 2. The van der Waals surface area contributed by atoms with Crippen LogP contribution >= 0.6 is 0 Å². The lowest BCUT2D eigenvalue weighted by Gasteiger charge is -2.35. The first kappa shape index (κ1) is 17.0. The third-order valence-corrected chi connectivity index (χ3v) is 4.26. The van der Waals surface area contributed by atoms with E-state index in [0.717, 1.165) is 44.9 Å². The third kappa shape index (κ3) is 6.40. The molecule has 0 unspecified atom stereocenters. The Morgan fingerprint density at radius 2 is 1.80 bits per heavy atom. The Hall–Kier alpha value is -1.06. The van der Waals surface area contributed by atoms with Crippen molar-refractivity contribution >= 4 is 11.9 Å². The van der Waals surface area contributed by atoms with Crippen molar-refractivity contribution in [3.05, 3.63) is 0 Å². The van der Waals surface area contributed by atoms with Gasteiger partial charge >= 0.3 is 5.97 Å². The van der Waals surface area contributed by atoms with Crippen molar-refractivity contribution < 1.29 is 14.7 Å². The van der Waals surface area contributed by atoms with Gasteiger partial charge in [0.05, 0.1) is 6.42 Å². The second kappa shape index (κ2) is 8.28. The monoisotopic (exact) mass is 283 g/mol. The van der Waals surface area contributed by atoms with Crippen LogP contribution in [0.4, 0.5) is 0 Å². The quantitative estimate of drug-likeness (QED) is 0.671. The second-order valence-corrected chi connectivity index (χ2v) is 6.69. The smallest absolute Gasteiger partial charge is 0.303 e. The molecule has 0 heterocycles. The van der Waals surface area contributed by atoms with Crippen molar-refractivity contribution in [1.82, 2.24) is 5.32 Å². The number of aliphatic carboxylic acids is 1. The van der Waals surface area contributed by atoms with E-state index in [9.17, 15) is 9.59 Å². The summed E-state index contributed by atoms with van der Waals surface area (Å²) in [6.45, 7) is 5.05. The molecule has 116 valence electrons. The molecule has 0 spiro atoms. The van der Waals surface area contributed by atoms with Gasteiger partial charge in [0.25, 0.3) is 0 Å². The van der Waals surface area contributed by atoms with Gasteiger partial charge in [0.2, 0.25) is 5.91 Å². The van der Waals surface area contributed by atoms with Crippen molar-refractivity contribution in [3.8, 4) is 0 Å². The number of carbonyl (C=O) groups excluding carboxylic acids is 1. The predicted octanol–water partition coefficient (Wildman–Crippen LogP) is 3.35. The van der Waals surface area contributed by atoms with Gasteiger partial charge in [-0.2, -0.15) is 0 Å². The van der Waals surface area contributed by atoms with Crippen LogP contribution < -0.4 is 5.32 Å². The molecular formula is C16H29NO3. The summed E-state index contributed by atoms with van der Waals surface area (Å²) in [4.78, 5) is 23.1. The van der Waals surface area contributed by atoms with E-state index >= 15 is 0 Å². The highest BCUT2D eigenvalue weighted by molar-refractivity contribution is 5.78. The van der Waals surface area contributed by atoms with Crippen molar-refractivity contribution in [2.45, 2.75) is 71.6 Å². The van der Waals surface area contributed by atoms with Crippen molar-refractivity contribution in [2.75, 3.05) is 6.54 Å². The standard InChI is InChI=1S/C16H29NO3/c1-13(2)7-6-10-17-14(18)11-16(12-15(19)20)8-4-3-5-9-16/h13H,3-12H2,1-2H3,(H,17,18)(H,19,20). The normalized spacial score (nSPS) is 17.9. The fraction of sp³-hybridized carbons (Fsp3) is 0.875. The highest BCUT2D eigenvalue weighted by atomic mass is 16.4. The molecule has 4 nitrogen and oxygen atoms in total. The van der Waals surface area contributed by atoms with Crippen LogP contribution in [-0.4, -0.2) is 23.5 Å². The van der Waals surface area contributed by atoms with Gasteiger partial charge in [-0.15, -0.1) is 0 Å². The highest BCUT2D eigenvalue weighted by Gasteiger charge is 2.36. The Morgan fingerprint density at radius 3 is 2.35 bits per heavy atom. The van der Waals surface area contributed by atoms with E-state index in [1.54, 1.807) is 0 Å². The topological polar surface area (TPSA) is 66.4 Å². The molecule has 20 heavy (non-hydrogen) atoms. The van der Waals surface area contributed by atoms with Crippen molar-refractivity contribution in [1.29, 1.82) is 0 Å². The average Bonchev–Trinajstić information content (AvgIpc) is 2.34. The Morgan fingerprint density at radius 1 is 1.15 bits per heavy atom. The minimum atomic E-state index is -0.778. The first-order valence-corrected chi connectivity index (χ1v) is 7.92. The van der Waals surface area contributed by atoms with Crippen LogP contribution in [0.25, 0.3) is 0 Å². The number of carbonyl (C=O) groups is 2. The summed E-state index contributed by atoms with van der Waals surface area (Å²) >= 11 is 0. The largest absolute Gasteiger partial charge is 0.481 e. The lowest BCUT2D eigenvalue weighted by molar-refractivity contribution is -0.141. The Bertz CT molecular complexity index is 320. The van der Waals surface area contributed by atoms with Crippen LogP contribution in [0.2, 0.25) is 0 Å². The number of rotatable bonds is 8. The molecule has 0 aliphatic heterocycles. The molecule has 0 aromatic carbocycles. The van der Waals surface area contributed by atoms with E-state index in [-0.39, 0.29) is 17.7 Å². The number of amides is 1. The fourth-order valence-electron chi connectivity index (χ4n) is 3.18. The van der Waals surface area contributed by atoms with Crippen LogP contribution in [0.15, 0.2) is 0 Å². The number of carboxylic acids is 1. The zero-order valence-corrected chi connectivity index (χ0v) is 12.9. The molecule has 0 aromatic rings. The van der Waals surface area contributed by atoms with E-state index in [1.807, 2.05) is 0 Å². The molecule has 0 radical (unpaired) electrons. The Labute approximate surface area is 122 Å². The number of nitrogens with one attached hydrogen (secondary N) is 1. The summed E-state index contributed by atoms with van der Waals surface area (Å²) in [5, 5.41) is 12.0. The molecule has 1 saturated carbocycles. The molecule has 0 saturated heterocycles. The molecule has 1 amide bonds. The third-order valence-electron chi connectivity index (χ3n) is 4.26. The number of hydrogen-bond donors (Lipinski definition) is 2. The minimum Gasteiger partial charge on any atom is -0.481 e. The van der Waals surface area contributed by atoms with Crippen LogP contribution in [0.3, 0.4) is 0 Å². The summed E-state index contributed by atoms with van der Waals surface area (Å²) in [6, 6.07) is 0. The summed E-state index contributed by atoms with van der Waals surface area (Å²) in [5.74, 6) is -0.0972. The Balaban J connectivity index is 2.40. The van der Waals surface area contributed by atoms with E-state index in [2.05, 4.69) is 19.2 Å². The maximum Gasteiger partial charge on any atom is 0.303 e. The van der Waals surface area contributed by atoms with Crippen LogP contribution in [-0.2, 0) is 9.59 Å². The average molecular weight is 283 g/mol. The highest BCUT2D eigenvalue weighted by Crippen LogP contribution is 2.42. The van der Waals surface area contributed by atoms with Crippen molar-refractivity contribution in [2.24, 2.45) is 11.3 Å². The van der Waals surface area contributed by atoms with Gasteiger partial charge < -0.3 is 10.4 Å². The molecule has 0 bridgehead atoms. The molecule has 1 fully saturated rings. The second-order valence-electron chi connectivity index (χ2n) is 6.69. The van der Waals surface area contributed by atoms with Crippen LogP contribution in [0.5, 0.6) is 0 Å². The van der Waals surface area contributed by atoms with Gasteiger partial charge in [0.15, 0.2) is 0 Å². The zero-order chi connectivity index (χ0) is 15.0. The molecule has 1 rings (SSSR count). The lowest BCUT2D eigenvalue weighted by Crippen LogP contribution is -2.35. The summed E-state index contributed by atoms with van der Waals surface area (Å²) < 4.78 is 0. The van der Waals surface area contributed by atoms with Gasteiger partial charge in [0.1, 0.15) is 0 Å². The predicted molar refractivity (Wildman–Crippen MR) is 79.5 cm³/mol. The zero-order valence-electron chi connectivity index (χ0n) is 12.9. The lowest BCUT2D eigenvalue weighted by atomic mass is 9.69. The van der Waals surface area contributed by atoms with Crippen molar-refractivity contribution in [3.63, 3.8) is 0 Å². The maximum atomic E-state index is 12.0. The van der Waals surface area contributed by atoms with E-state index in [1.165, 1.54) is 0 Å². The molecule has 0 aromatic heterocycles. The first-order valence-electron chi connectivity index (χ1n) is 7.92. The summed E-state index contributed by atoms with van der Waals surface area (Å²) in [5.41, 5.74) is -0.299. The molecule has 2 N–H and O–H groups in total. The van der Waals surface area contributed by atoms with E-state index in [0.29, 0.717) is 18.9 Å². The van der Waals surface area contributed by atoms with Gasteiger partial charge in [-0.1, -0.05) is 33.1 Å². The Kier molecular flexibility index (Phi) is 7.03. The number of carboxylic acid groups (broad SMARTS) is 1. The maximum absolute atomic E-state index is 12.0. The van der Waals surface area contributed by atoms with Gasteiger partial charge in [0, 0.05) is 13.0 Å². The van der Waals surface area contributed by atoms with Gasteiger partial charge in [-0.05, 0) is 37.0 Å². The first-order chi connectivity index (χ1) is 9.43. The fourth-order valence-corrected chi connectivity index (χ4v) is 3.18. The minimum absolute atomic E-state index is 0.0249. The van der Waals surface area contributed by atoms with Gasteiger partial charge in [-0.25, -0.2) is 0 Å². The van der Waals surface area contributed by atoms with E-state index < -0.39 is 5.97 Å². The molecule has 0 atom stereocenters. The summed E-state index contributed by atoms with van der Waals surface area (Å²) in [7, 11) is 0. The molecular weight excluding hydrogens is 254 g/mol. The van der Waals surface area contributed by atoms with Gasteiger partial charge in [-0.3, -0.25) is 9.59 Å². The van der Waals surface area contributed by atoms with E-state index in [4.69, 9.17) is 5.11 Å². The summed E-state index contributed by atoms with van der Waals surface area (Å²) in [6.07, 6.45) is 7.62.